The summed E-state index contributed by atoms with van der Waals surface area (Å²) >= 11 is 0. The van der Waals surface area contributed by atoms with Gasteiger partial charge in [0.25, 0.3) is 0 Å². The molecule has 0 aliphatic carbocycles. The van der Waals surface area contributed by atoms with Gasteiger partial charge in [-0.2, -0.15) is 0 Å². The highest BCUT2D eigenvalue weighted by Gasteiger charge is 2.25. The van der Waals surface area contributed by atoms with Crippen molar-refractivity contribution in [1.82, 2.24) is 0 Å². The minimum atomic E-state index is -1.05. The molecule has 0 saturated carbocycles. The van der Waals surface area contributed by atoms with Crippen molar-refractivity contribution in [3.63, 3.8) is 0 Å². The maximum absolute atomic E-state index is 13.6. The van der Waals surface area contributed by atoms with Gasteiger partial charge in [0.15, 0.2) is 0 Å². The fourth-order valence-corrected chi connectivity index (χ4v) is 2.01. The molecule has 1 unspecified atom stereocenters. The average Bonchev–Trinajstić information content (AvgIpc) is 2.34. The Morgan fingerprint density at radius 1 is 1.00 bits per heavy atom. The van der Waals surface area contributed by atoms with Gasteiger partial charge in [-0.15, -0.1) is 0 Å². The van der Waals surface area contributed by atoms with Crippen LogP contribution >= 0.6 is 0 Å². The van der Waals surface area contributed by atoms with Gasteiger partial charge in [-0.25, -0.2) is 13.2 Å². The number of halogens is 3. The summed E-state index contributed by atoms with van der Waals surface area (Å²) in [5.74, 6) is -1.72. The third-order valence-corrected chi connectivity index (χ3v) is 3.09. The Morgan fingerprint density at radius 3 is 2.16 bits per heavy atom. The molecule has 2 aromatic rings. The van der Waals surface area contributed by atoms with Crippen LogP contribution in [-0.4, -0.2) is 0 Å². The monoisotopic (exact) mass is 265 g/mol. The van der Waals surface area contributed by atoms with Crippen molar-refractivity contribution in [2.24, 2.45) is 5.73 Å². The first-order valence-corrected chi connectivity index (χ1v) is 5.88. The zero-order valence-electron chi connectivity index (χ0n) is 10.5. The van der Waals surface area contributed by atoms with Crippen molar-refractivity contribution in [2.45, 2.75) is 18.9 Å². The summed E-state index contributed by atoms with van der Waals surface area (Å²) in [6, 6.07) is 9.39. The molecule has 19 heavy (non-hydrogen) atoms. The van der Waals surface area contributed by atoms with E-state index >= 15 is 0 Å². The number of rotatable bonds is 3. The topological polar surface area (TPSA) is 26.0 Å². The van der Waals surface area contributed by atoms with Gasteiger partial charge in [-0.3, -0.25) is 0 Å². The van der Waals surface area contributed by atoms with Crippen molar-refractivity contribution < 1.29 is 13.2 Å². The van der Waals surface area contributed by atoms with Crippen molar-refractivity contribution in [2.75, 3.05) is 0 Å². The van der Waals surface area contributed by atoms with E-state index in [-0.39, 0.29) is 12.0 Å². The van der Waals surface area contributed by atoms with Crippen LogP contribution in [0.1, 0.15) is 18.1 Å². The Kier molecular flexibility index (Phi) is 3.62. The van der Waals surface area contributed by atoms with Gasteiger partial charge in [-0.05, 0) is 36.8 Å². The fraction of sp³-hybridized carbons (Fsp3) is 0.200. The van der Waals surface area contributed by atoms with Crippen LogP contribution in [-0.2, 0) is 12.0 Å². The Balaban J connectivity index is 2.36. The van der Waals surface area contributed by atoms with E-state index in [9.17, 15) is 13.2 Å². The molecular weight excluding hydrogens is 251 g/mol. The lowest BCUT2D eigenvalue weighted by Crippen LogP contribution is -2.36. The molecule has 0 spiro atoms. The van der Waals surface area contributed by atoms with Gasteiger partial charge in [0, 0.05) is 17.5 Å². The second-order valence-electron chi connectivity index (χ2n) is 4.80. The SMILES string of the molecule is CC(N)(Cc1c(F)cccc1F)c1cccc(F)c1. The lowest BCUT2D eigenvalue weighted by atomic mass is 9.86. The summed E-state index contributed by atoms with van der Waals surface area (Å²) in [6.07, 6.45) is -0.0467. The second kappa shape index (κ2) is 5.05. The molecule has 0 saturated heterocycles. The van der Waals surface area contributed by atoms with E-state index in [0.29, 0.717) is 5.56 Å². The van der Waals surface area contributed by atoms with Crippen LogP contribution in [0.3, 0.4) is 0 Å². The largest absolute Gasteiger partial charge is 0.321 e. The Morgan fingerprint density at radius 2 is 1.58 bits per heavy atom. The van der Waals surface area contributed by atoms with E-state index in [1.165, 1.54) is 36.4 Å². The molecule has 0 radical (unpaired) electrons. The first-order chi connectivity index (χ1) is 8.90. The molecular formula is C15H14F3N. The highest BCUT2D eigenvalue weighted by Crippen LogP contribution is 2.26. The average molecular weight is 265 g/mol. The number of hydrogen-bond acceptors (Lipinski definition) is 1. The van der Waals surface area contributed by atoms with Crippen LogP contribution in [0, 0.1) is 17.5 Å². The van der Waals surface area contributed by atoms with Gasteiger partial charge in [0.05, 0.1) is 0 Å². The third kappa shape index (κ3) is 2.96. The zero-order valence-corrected chi connectivity index (χ0v) is 10.5. The first-order valence-electron chi connectivity index (χ1n) is 5.88. The molecule has 0 aromatic heterocycles. The van der Waals surface area contributed by atoms with E-state index in [1.54, 1.807) is 13.0 Å². The van der Waals surface area contributed by atoms with Crippen LogP contribution in [0.5, 0.6) is 0 Å². The number of hydrogen-bond donors (Lipinski definition) is 1. The van der Waals surface area contributed by atoms with Gasteiger partial charge in [0.1, 0.15) is 17.5 Å². The lowest BCUT2D eigenvalue weighted by molar-refractivity contribution is 0.452. The summed E-state index contributed by atoms with van der Waals surface area (Å²) in [6.45, 7) is 1.62. The molecule has 1 nitrogen and oxygen atoms in total. The zero-order chi connectivity index (χ0) is 14.0. The standard InChI is InChI=1S/C15H14F3N/c1-15(19,10-4-2-5-11(16)8-10)9-12-13(17)6-3-7-14(12)18/h2-8H,9,19H2,1H3. The van der Waals surface area contributed by atoms with Crippen molar-refractivity contribution >= 4 is 0 Å². The van der Waals surface area contributed by atoms with Crippen LogP contribution in [0.2, 0.25) is 0 Å². The van der Waals surface area contributed by atoms with E-state index in [0.717, 1.165) is 0 Å². The highest BCUT2D eigenvalue weighted by molar-refractivity contribution is 5.29. The predicted octanol–water partition coefficient (Wildman–Crippen LogP) is 3.52. The minimum Gasteiger partial charge on any atom is -0.321 e. The molecule has 2 rings (SSSR count). The summed E-state index contributed by atoms with van der Waals surface area (Å²) in [7, 11) is 0. The van der Waals surface area contributed by atoms with E-state index in [1.807, 2.05) is 0 Å². The molecule has 0 fully saturated rings. The van der Waals surface area contributed by atoms with Crippen molar-refractivity contribution in [3.8, 4) is 0 Å². The smallest absolute Gasteiger partial charge is 0.129 e. The number of nitrogens with two attached hydrogens (primary N) is 1. The normalized spacial score (nSPS) is 14.2. The maximum atomic E-state index is 13.6. The third-order valence-electron chi connectivity index (χ3n) is 3.09. The van der Waals surface area contributed by atoms with E-state index in [2.05, 4.69) is 0 Å². The Bertz CT molecular complexity index is 573. The predicted molar refractivity (Wildman–Crippen MR) is 68.0 cm³/mol. The van der Waals surface area contributed by atoms with Gasteiger partial charge in [0.2, 0.25) is 0 Å². The minimum absolute atomic E-state index is 0.0467. The van der Waals surface area contributed by atoms with Gasteiger partial charge >= 0.3 is 0 Å². The van der Waals surface area contributed by atoms with Crippen molar-refractivity contribution in [1.29, 1.82) is 0 Å². The molecule has 4 heteroatoms. The summed E-state index contributed by atoms with van der Waals surface area (Å²) in [5.41, 5.74) is 5.44. The molecule has 0 heterocycles. The molecule has 2 aromatic carbocycles. The van der Waals surface area contributed by atoms with Crippen LogP contribution < -0.4 is 5.73 Å². The van der Waals surface area contributed by atoms with Gasteiger partial charge in [-0.1, -0.05) is 18.2 Å². The summed E-state index contributed by atoms with van der Waals surface area (Å²) < 4.78 is 40.4. The summed E-state index contributed by atoms with van der Waals surface area (Å²) in [4.78, 5) is 0. The molecule has 0 amide bonds. The van der Waals surface area contributed by atoms with E-state index < -0.39 is 23.0 Å². The molecule has 0 aliphatic rings. The number of benzene rings is 2. The Labute approximate surface area is 109 Å². The highest BCUT2D eigenvalue weighted by atomic mass is 19.1. The van der Waals surface area contributed by atoms with Crippen molar-refractivity contribution in [3.05, 3.63) is 71.0 Å². The molecule has 1 atom stereocenters. The second-order valence-corrected chi connectivity index (χ2v) is 4.80. The van der Waals surface area contributed by atoms with Crippen LogP contribution in [0.15, 0.2) is 42.5 Å². The Hall–Kier alpha value is -1.81. The fourth-order valence-electron chi connectivity index (χ4n) is 2.01. The molecule has 100 valence electrons. The molecule has 0 aliphatic heterocycles. The van der Waals surface area contributed by atoms with E-state index in [4.69, 9.17) is 5.73 Å². The van der Waals surface area contributed by atoms with Gasteiger partial charge < -0.3 is 5.73 Å². The quantitative estimate of drug-likeness (QED) is 0.902. The van der Waals surface area contributed by atoms with Crippen LogP contribution in [0.4, 0.5) is 13.2 Å². The summed E-state index contributed by atoms with van der Waals surface area (Å²) in [5, 5.41) is 0. The lowest BCUT2D eigenvalue weighted by Gasteiger charge is -2.26. The van der Waals surface area contributed by atoms with Crippen LogP contribution in [0.25, 0.3) is 0 Å². The first kappa shape index (κ1) is 13.6. The molecule has 0 bridgehead atoms. The molecule has 2 N–H and O–H groups in total. The maximum Gasteiger partial charge on any atom is 0.129 e.